The Bertz CT molecular complexity index is 1270. The molecule has 3 aromatic rings. The first-order valence-corrected chi connectivity index (χ1v) is 13.0. The van der Waals surface area contributed by atoms with E-state index in [2.05, 4.69) is 5.32 Å². The average molecular weight is 495 g/mol. The molecule has 1 aliphatic heterocycles. The molecular formula is C26H27N2O4PS. The molecule has 0 fully saturated rings. The van der Waals surface area contributed by atoms with E-state index < -0.39 is 7.60 Å². The molecule has 34 heavy (non-hydrogen) atoms. The highest BCUT2D eigenvalue weighted by molar-refractivity contribution is 7.82. The lowest BCUT2D eigenvalue weighted by Gasteiger charge is -2.24. The molecule has 0 radical (unpaired) electrons. The number of hydrogen-bond acceptors (Lipinski definition) is 6. The number of carbonyl (C=O) groups excluding carboxylic acids is 1. The van der Waals surface area contributed by atoms with Gasteiger partial charge in [0.2, 0.25) is 0 Å². The molecule has 0 spiro atoms. The van der Waals surface area contributed by atoms with E-state index >= 15 is 0 Å². The van der Waals surface area contributed by atoms with E-state index in [0.717, 1.165) is 16.8 Å². The standard InChI is InChI=1S/C26H27N2O4PS/c1-4-31-33(30,32-5-2)21-15-16-23-22(17-21)24(26(29)27-23)25(19-9-7-6-8-10-19)28(34)20-13-11-18(3)12-14-20/h6-17,34H,4-5H2,1-3H3,(H,27,29)/b25-24-. The second-order valence-electron chi connectivity index (χ2n) is 7.75. The van der Waals surface area contributed by atoms with Crippen molar-refractivity contribution in [1.82, 2.24) is 0 Å². The van der Waals surface area contributed by atoms with E-state index in [0.29, 0.717) is 27.8 Å². The van der Waals surface area contributed by atoms with Crippen molar-refractivity contribution in [2.45, 2.75) is 20.8 Å². The normalized spacial score (nSPS) is 14.5. The maximum absolute atomic E-state index is 13.4. The predicted octanol–water partition coefficient (Wildman–Crippen LogP) is 6.06. The number of aryl methyl sites for hydroxylation is 1. The number of thiol groups is 1. The van der Waals surface area contributed by atoms with Gasteiger partial charge in [0.1, 0.15) is 0 Å². The van der Waals surface area contributed by atoms with Crippen LogP contribution in [0.5, 0.6) is 0 Å². The van der Waals surface area contributed by atoms with Gasteiger partial charge in [-0.1, -0.05) is 60.8 Å². The van der Waals surface area contributed by atoms with E-state index in [1.165, 1.54) is 0 Å². The minimum absolute atomic E-state index is 0.237. The molecule has 0 saturated heterocycles. The summed E-state index contributed by atoms with van der Waals surface area (Å²) in [4.78, 5) is 13.3. The summed E-state index contributed by atoms with van der Waals surface area (Å²) in [5.74, 6) is -0.264. The molecule has 1 amide bonds. The topological polar surface area (TPSA) is 67.9 Å². The lowest BCUT2D eigenvalue weighted by molar-refractivity contribution is -0.110. The summed E-state index contributed by atoms with van der Waals surface area (Å²) < 4.78 is 26.2. The van der Waals surface area contributed by atoms with Gasteiger partial charge in [0.25, 0.3) is 5.91 Å². The van der Waals surface area contributed by atoms with Crippen molar-refractivity contribution >= 4 is 54.3 Å². The number of fused-ring (bicyclic) bond motifs is 1. The molecule has 3 aromatic carbocycles. The van der Waals surface area contributed by atoms with Crippen LogP contribution >= 0.6 is 20.4 Å². The van der Waals surface area contributed by atoms with Gasteiger partial charge in [-0.05, 0) is 56.7 Å². The van der Waals surface area contributed by atoms with Crippen LogP contribution in [0.15, 0.2) is 72.8 Å². The molecule has 1 aliphatic rings. The molecule has 4 rings (SSSR count). The first kappa shape index (κ1) is 24.3. The summed E-state index contributed by atoms with van der Waals surface area (Å²) in [7, 11) is -3.53. The van der Waals surface area contributed by atoms with Crippen molar-refractivity contribution < 1.29 is 18.4 Å². The maximum atomic E-state index is 13.4. The smallest absolute Gasteiger partial charge is 0.321 e. The number of carbonyl (C=O) groups is 1. The third kappa shape index (κ3) is 4.70. The van der Waals surface area contributed by atoms with Crippen molar-refractivity contribution in [3.05, 3.63) is 89.5 Å². The molecule has 0 bridgehead atoms. The molecule has 0 unspecified atom stereocenters. The van der Waals surface area contributed by atoms with Crippen molar-refractivity contribution in [2.75, 3.05) is 22.8 Å². The van der Waals surface area contributed by atoms with Gasteiger partial charge in [0.15, 0.2) is 0 Å². The second kappa shape index (κ2) is 10.2. The highest BCUT2D eigenvalue weighted by Crippen LogP contribution is 2.49. The first-order valence-electron chi connectivity index (χ1n) is 11.1. The van der Waals surface area contributed by atoms with Crippen molar-refractivity contribution in [1.29, 1.82) is 0 Å². The fraction of sp³-hybridized carbons (Fsp3) is 0.192. The van der Waals surface area contributed by atoms with Crippen LogP contribution < -0.4 is 14.9 Å². The number of benzene rings is 3. The molecular weight excluding hydrogens is 467 g/mol. The summed E-state index contributed by atoms with van der Waals surface area (Å²) in [5.41, 5.74) is 5.04. The van der Waals surface area contributed by atoms with Crippen molar-refractivity contribution in [3.63, 3.8) is 0 Å². The number of hydrogen-bond donors (Lipinski definition) is 2. The third-order valence-electron chi connectivity index (χ3n) is 5.44. The van der Waals surface area contributed by atoms with E-state index in [1.807, 2.05) is 61.5 Å². The van der Waals surface area contributed by atoms with Gasteiger partial charge in [0, 0.05) is 11.3 Å². The Morgan fingerprint density at radius 3 is 2.24 bits per heavy atom. The summed E-state index contributed by atoms with van der Waals surface area (Å²) >= 11 is 4.81. The lowest BCUT2D eigenvalue weighted by Crippen LogP contribution is -2.15. The maximum Gasteiger partial charge on any atom is 0.361 e. The number of anilines is 2. The summed E-state index contributed by atoms with van der Waals surface area (Å²) in [6.07, 6.45) is 0. The molecule has 8 heteroatoms. The highest BCUT2D eigenvalue weighted by atomic mass is 32.1. The van der Waals surface area contributed by atoms with Crippen molar-refractivity contribution in [2.24, 2.45) is 0 Å². The van der Waals surface area contributed by atoms with Gasteiger partial charge in [-0.15, -0.1) is 0 Å². The van der Waals surface area contributed by atoms with E-state index in [9.17, 15) is 9.36 Å². The average Bonchev–Trinajstić information content (AvgIpc) is 3.15. The van der Waals surface area contributed by atoms with Crippen molar-refractivity contribution in [3.8, 4) is 0 Å². The Labute approximate surface area is 205 Å². The summed E-state index contributed by atoms with van der Waals surface area (Å²) in [5, 5.41) is 3.33. The van der Waals surface area contributed by atoms with Gasteiger partial charge in [-0.2, -0.15) is 0 Å². The number of nitrogens with zero attached hydrogens (tertiary/aromatic N) is 1. The van der Waals surface area contributed by atoms with Crippen LogP contribution in [0.25, 0.3) is 11.3 Å². The molecule has 176 valence electrons. The monoisotopic (exact) mass is 494 g/mol. The molecule has 0 aromatic heterocycles. The minimum atomic E-state index is -3.53. The zero-order valence-electron chi connectivity index (χ0n) is 19.3. The van der Waals surface area contributed by atoms with E-state index in [-0.39, 0.29) is 19.1 Å². The van der Waals surface area contributed by atoms with Crippen LogP contribution in [0.2, 0.25) is 0 Å². The predicted molar refractivity (Wildman–Crippen MR) is 141 cm³/mol. The Hall–Kier alpha value is -2.83. The minimum Gasteiger partial charge on any atom is -0.321 e. The molecule has 0 aliphatic carbocycles. The van der Waals surface area contributed by atoms with Crippen LogP contribution in [0.4, 0.5) is 11.4 Å². The molecule has 6 nitrogen and oxygen atoms in total. The Morgan fingerprint density at radius 1 is 0.971 bits per heavy atom. The Kier molecular flexibility index (Phi) is 7.29. The van der Waals surface area contributed by atoms with Crippen LogP contribution in [0.3, 0.4) is 0 Å². The molecule has 1 N–H and O–H groups in total. The lowest BCUT2D eigenvalue weighted by atomic mass is 10.00. The van der Waals surface area contributed by atoms with Crippen LogP contribution in [0.1, 0.15) is 30.5 Å². The van der Waals surface area contributed by atoms with E-state index in [4.69, 9.17) is 21.9 Å². The molecule has 0 saturated carbocycles. The molecule has 0 atom stereocenters. The summed E-state index contributed by atoms with van der Waals surface area (Å²) in [6.45, 7) is 6.02. The second-order valence-corrected chi connectivity index (χ2v) is 10.2. The fourth-order valence-electron chi connectivity index (χ4n) is 3.87. The van der Waals surface area contributed by atoms with Crippen LogP contribution in [-0.4, -0.2) is 19.1 Å². The van der Waals surface area contributed by atoms with Gasteiger partial charge in [-0.25, -0.2) is 0 Å². The highest BCUT2D eigenvalue weighted by Gasteiger charge is 2.34. The number of rotatable bonds is 8. The Morgan fingerprint density at radius 2 is 1.62 bits per heavy atom. The fourth-order valence-corrected chi connectivity index (χ4v) is 5.82. The first-order chi connectivity index (χ1) is 16.4. The SMILES string of the molecule is CCOP(=O)(OCC)c1ccc2c(c1)/C(=C(\c1ccccc1)N(S)c1ccc(C)cc1)C(=O)N2. The number of nitrogens with one attached hydrogen (secondary N) is 1. The Balaban J connectivity index is 1.94. The zero-order valence-corrected chi connectivity index (χ0v) is 21.1. The quantitative estimate of drug-likeness (QED) is 0.226. The number of amides is 1. The van der Waals surface area contributed by atoms with Crippen LogP contribution in [-0.2, 0) is 18.4 Å². The van der Waals surface area contributed by atoms with Gasteiger partial charge >= 0.3 is 7.60 Å². The van der Waals surface area contributed by atoms with Gasteiger partial charge in [0.05, 0.1) is 35.5 Å². The van der Waals surface area contributed by atoms with Crippen LogP contribution in [0, 0.1) is 6.92 Å². The van der Waals surface area contributed by atoms with Gasteiger partial charge < -0.3 is 14.4 Å². The zero-order chi connectivity index (χ0) is 24.3. The summed E-state index contributed by atoms with van der Waals surface area (Å²) in [6, 6.07) is 22.6. The molecule has 1 heterocycles. The van der Waals surface area contributed by atoms with E-state index in [1.54, 1.807) is 36.4 Å². The largest absolute Gasteiger partial charge is 0.361 e. The van der Waals surface area contributed by atoms with Gasteiger partial charge in [-0.3, -0.25) is 13.7 Å². The third-order valence-corrected chi connectivity index (χ3v) is 7.97.